The van der Waals surface area contributed by atoms with Gasteiger partial charge in [0.15, 0.2) is 12.6 Å². The molecule has 0 aliphatic carbocycles. The number of aliphatic imine (C=N–C) groups is 2. The Hall–Kier alpha value is -1.18. The average molecular weight is 252 g/mol. The number of hydrogen-bond acceptors (Lipinski definition) is 7. The number of nitrogens with zero attached hydrogens (tertiary/aromatic N) is 4. The van der Waals surface area contributed by atoms with Crippen LogP contribution in [-0.2, 0) is 9.47 Å². The lowest BCUT2D eigenvalue weighted by molar-refractivity contribution is 0.0144. The molecule has 7 nitrogen and oxygen atoms in total. The fourth-order valence-electron chi connectivity index (χ4n) is 2.22. The molecule has 18 heavy (non-hydrogen) atoms. The maximum absolute atomic E-state index is 5.34. The molecule has 3 rings (SSSR count). The van der Waals surface area contributed by atoms with E-state index in [1.807, 2.05) is 0 Å². The maximum Gasteiger partial charge on any atom is 0.226 e. The first kappa shape index (κ1) is 11.9. The summed E-state index contributed by atoms with van der Waals surface area (Å²) in [6, 6.07) is 0. The summed E-state index contributed by atoms with van der Waals surface area (Å²) < 4.78 is 10.7. The summed E-state index contributed by atoms with van der Waals surface area (Å²) in [7, 11) is 0. The summed E-state index contributed by atoms with van der Waals surface area (Å²) in [5, 5.41) is 3.07. The van der Waals surface area contributed by atoms with Gasteiger partial charge in [0.2, 0.25) is 5.96 Å². The van der Waals surface area contributed by atoms with Crippen LogP contribution in [0, 0.1) is 0 Å². The number of hydrogen-bond donors (Lipinski definition) is 1. The van der Waals surface area contributed by atoms with E-state index in [2.05, 4.69) is 31.4 Å². The van der Waals surface area contributed by atoms with Gasteiger partial charge in [-0.05, 0) is 0 Å². The van der Waals surface area contributed by atoms with E-state index >= 15 is 0 Å². The van der Waals surface area contributed by atoms with Crippen LogP contribution in [0.1, 0.15) is 0 Å². The molecular weight excluding hydrogens is 234 g/mol. The molecule has 3 heterocycles. The van der Waals surface area contributed by atoms with E-state index in [9.17, 15) is 0 Å². The van der Waals surface area contributed by atoms with Crippen molar-refractivity contribution in [1.82, 2.24) is 15.1 Å². The van der Waals surface area contributed by atoms with Crippen LogP contribution < -0.4 is 5.32 Å². The highest BCUT2D eigenvalue weighted by Gasteiger charge is 2.24. The lowest BCUT2D eigenvalue weighted by Crippen LogP contribution is -2.52. The van der Waals surface area contributed by atoms with Gasteiger partial charge in [0.1, 0.15) is 0 Å². The fraction of sp³-hybridized carbons (Fsp3) is 0.818. The normalized spacial score (nSPS) is 29.9. The molecule has 0 aromatic heterocycles. The van der Waals surface area contributed by atoms with E-state index in [4.69, 9.17) is 9.47 Å². The predicted octanol–water partition coefficient (Wildman–Crippen LogP) is -1.20. The minimum absolute atomic E-state index is 0.0655. The fourth-order valence-corrected chi connectivity index (χ4v) is 2.22. The van der Waals surface area contributed by atoms with Crippen molar-refractivity contribution in [1.29, 1.82) is 0 Å². The first-order valence-electron chi connectivity index (χ1n) is 6.37. The predicted molar refractivity (Wildman–Crippen MR) is 66.6 cm³/mol. The van der Waals surface area contributed by atoms with Gasteiger partial charge < -0.3 is 19.7 Å². The Morgan fingerprint density at radius 3 is 2.44 bits per heavy atom. The van der Waals surface area contributed by atoms with Crippen LogP contribution in [-0.4, -0.2) is 81.0 Å². The van der Waals surface area contributed by atoms with Crippen LogP contribution in [0.25, 0.3) is 0 Å². The molecule has 0 aromatic carbocycles. The smallest absolute Gasteiger partial charge is 0.226 e. The molecule has 2 fully saturated rings. The topological polar surface area (TPSA) is 61.7 Å². The molecular formula is C11H18N5O2. The Kier molecular flexibility index (Phi) is 3.72. The average Bonchev–Trinajstić information content (AvgIpc) is 2.49. The zero-order valence-electron chi connectivity index (χ0n) is 10.3. The molecule has 1 unspecified atom stereocenters. The van der Waals surface area contributed by atoms with E-state index in [1.54, 1.807) is 0 Å². The van der Waals surface area contributed by atoms with E-state index in [1.165, 1.54) is 0 Å². The third-order valence-corrected chi connectivity index (χ3v) is 3.27. The Bertz CT molecular complexity index is 334. The van der Waals surface area contributed by atoms with Crippen molar-refractivity contribution in [2.45, 2.75) is 6.29 Å². The molecule has 3 aliphatic rings. The molecule has 0 saturated carbocycles. The van der Waals surface area contributed by atoms with Crippen LogP contribution in [0.5, 0.6) is 0 Å². The van der Waals surface area contributed by atoms with Gasteiger partial charge in [-0.25, -0.2) is 4.99 Å². The summed E-state index contributed by atoms with van der Waals surface area (Å²) in [4.78, 5) is 13.2. The van der Waals surface area contributed by atoms with Crippen molar-refractivity contribution in [3.05, 3.63) is 0 Å². The summed E-state index contributed by atoms with van der Waals surface area (Å²) in [5.74, 6) is 0.758. The zero-order valence-corrected chi connectivity index (χ0v) is 10.3. The highest BCUT2D eigenvalue weighted by Crippen LogP contribution is 2.08. The number of ether oxygens (including phenoxy) is 2. The van der Waals surface area contributed by atoms with Gasteiger partial charge in [0.25, 0.3) is 0 Å². The first-order valence-corrected chi connectivity index (χ1v) is 6.37. The van der Waals surface area contributed by atoms with E-state index in [0.717, 1.165) is 58.6 Å². The van der Waals surface area contributed by atoms with E-state index in [0.29, 0.717) is 0 Å². The van der Waals surface area contributed by atoms with Crippen molar-refractivity contribution in [3.8, 4) is 0 Å². The van der Waals surface area contributed by atoms with Crippen LogP contribution in [0.2, 0.25) is 0 Å². The first-order chi connectivity index (χ1) is 8.93. The van der Waals surface area contributed by atoms with Crippen molar-refractivity contribution in [2.24, 2.45) is 9.98 Å². The van der Waals surface area contributed by atoms with E-state index < -0.39 is 0 Å². The molecule has 1 N–H and O–H groups in total. The molecule has 1 atom stereocenters. The summed E-state index contributed by atoms with van der Waals surface area (Å²) in [6.45, 7) is 6.47. The van der Waals surface area contributed by atoms with Crippen LogP contribution in [0.3, 0.4) is 0 Å². The second-order valence-corrected chi connectivity index (χ2v) is 4.42. The van der Waals surface area contributed by atoms with E-state index in [-0.39, 0.29) is 6.29 Å². The van der Waals surface area contributed by atoms with Gasteiger partial charge in [-0.2, -0.15) is 4.99 Å². The minimum Gasteiger partial charge on any atom is -0.379 e. The van der Waals surface area contributed by atoms with Gasteiger partial charge in [-0.15, -0.1) is 0 Å². The second kappa shape index (κ2) is 5.64. The highest BCUT2D eigenvalue weighted by atomic mass is 16.5. The van der Waals surface area contributed by atoms with Crippen LogP contribution >= 0.6 is 0 Å². The monoisotopic (exact) mass is 252 g/mol. The van der Waals surface area contributed by atoms with Crippen molar-refractivity contribution in [3.63, 3.8) is 0 Å². The number of nitrogens with one attached hydrogen (secondary N) is 1. The lowest BCUT2D eigenvalue weighted by Gasteiger charge is -2.35. The molecule has 0 bridgehead atoms. The van der Waals surface area contributed by atoms with Gasteiger partial charge >= 0.3 is 0 Å². The van der Waals surface area contributed by atoms with Gasteiger partial charge in [0.05, 0.1) is 26.4 Å². The quantitative estimate of drug-likeness (QED) is 0.635. The Labute approximate surface area is 106 Å². The highest BCUT2D eigenvalue weighted by molar-refractivity contribution is 5.89. The van der Waals surface area contributed by atoms with Crippen molar-refractivity contribution in [2.75, 3.05) is 52.6 Å². The molecule has 0 aromatic rings. The number of guanidine groups is 1. The van der Waals surface area contributed by atoms with Crippen LogP contribution in [0.4, 0.5) is 0 Å². The van der Waals surface area contributed by atoms with Crippen LogP contribution in [0.15, 0.2) is 9.98 Å². The number of morpholine rings is 2. The van der Waals surface area contributed by atoms with Crippen molar-refractivity contribution < 1.29 is 9.47 Å². The Balaban J connectivity index is 1.65. The molecule has 7 heteroatoms. The van der Waals surface area contributed by atoms with Gasteiger partial charge in [-0.3, -0.25) is 4.90 Å². The third-order valence-electron chi connectivity index (χ3n) is 3.27. The zero-order chi connectivity index (χ0) is 12.2. The lowest BCUT2D eigenvalue weighted by atomic mass is 10.4. The third kappa shape index (κ3) is 2.63. The molecule has 3 aliphatic heterocycles. The molecule has 0 amide bonds. The summed E-state index contributed by atoms with van der Waals surface area (Å²) in [6.07, 6.45) is 2.79. The Morgan fingerprint density at radius 2 is 1.72 bits per heavy atom. The maximum atomic E-state index is 5.34. The molecule has 0 spiro atoms. The number of rotatable bonds is 1. The largest absolute Gasteiger partial charge is 0.379 e. The second-order valence-electron chi connectivity index (χ2n) is 4.42. The molecule has 99 valence electrons. The van der Waals surface area contributed by atoms with Gasteiger partial charge in [0, 0.05) is 26.2 Å². The Morgan fingerprint density at radius 1 is 1.06 bits per heavy atom. The standard InChI is InChI=1S/C11H18N5O2/c1-5-17-6-2-15(1)10-12-9-13-11(14-10)16-3-7-18-8-4-16/h10H,1-8H2,(H,12,13,14). The van der Waals surface area contributed by atoms with Crippen molar-refractivity contribution >= 4 is 12.3 Å². The molecule has 2 saturated heterocycles. The summed E-state index contributed by atoms with van der Waals surface area (Å²) >= 11 is 0. The minimum atomic E-state index is -0.0655. The molecule has 1 radical (unpaired) electrons. The summed E-state index contributed by atoms with van der Waals surface area (Å²) in [5.41, 5.74) is 0. The van der Waals surface area contributed by atoms with Gasteiger partial charge in [-0.1, -0.05) is 0 Å². The SMILES string of the molecule is [C]1=NC(N2CCOCC2)=NC(N2CCOCC2)N1.